The number of sulfone groups is 1. The van der Waals surface area contributed by atoms with Crippen LogP contribution in [-0.4, -0.2) is 113 Å². The Kier molecular flexibility index (Phi) is 11.5. The van der Waals surface area contributed by atoms with Crippen molar-refractivity contribution < 1.29 is 17.9 Å². The molecule has 0 aromatic heterocycles. The molecule has 3 aliphatic rings. The van der Waals surface area contributed by atoms with Crippen molar-refractivity contribution in [2.45, 2.75) is 26.4 Å². The zero-order chi connectivity index (χ0) is 28.3. The lowest BCUT2D eigenvalue weighted by molar-refractivity contribution is -0.129. The van der Waals surface area contributed by atoms with E-state index >= 15 is 0 Å². The number of hydrogen-bond donors (Lipinski definition) is 3. The summed E-state index contributed by atoms with van der Waals surface area (Å²) in [5, 5.41) is 9.71. The van der Waals surface area contributed by atoms with Gasteiger partial charge in [-0.1, -0.05) is 6.08 Å². The molecule has 2 fully saturated rings. The van der Waals surface area contributed by atoms with Crippen molar-refractivity contribution >= 4 is 27.3 Å². The molecular weight excluding hydrogens is 518 g/mol. The van der Waals surface area contributed by atoms with Crippen LogP contribution in [0, 0.1) is 0 Å². The highest BCUT2D eigenvalue weighted by atomic mass is 32.2. The van der Waals surface area contributed by atoms with Crippen LogP contribution in [0.3, 0.4) is 0 Å². The molecule has 214 valence electrons. The zero-order valence-electron chi connectivity index (χ0n) is 23.4. The van der Waals surface area contributed by atoms with Gasteiger partial charge >= 0.3 is 0 Å². The summed E-state index contributed by atoms with van der Waals surface area (Å²) < 4.78 is 28.6. The summed E-state index contributed by atoms with van der Waals surface area (Å²) in [6, 6.07) is 0. The maximum Gasteiger partial charge on any atom is 0.237 e. The van der Waals surface area contributed by atoms with Crippen molar-refractivity contribution in [2.24, 2.45) is 9.98 Å². The molecule has 0 radical (unpaired) electrons. The molecule has 0 aliphatic carbocycles. The van der Waals surface area contributed by atoms with Crippen molar-refractivity contribution in [3.63, 3.8) is 0 Å². The smallest absolute Gasteiger partial charge is 0.237 e. The monoisotopic (exact) mass is 559 g/mol. The molecule has 39 heavy (non-hydrogen) atoms. The van der Waals surface area contributed by atoms with E-state index in [1.807, 2.05) is 33.0 Å². The van der Waals surface area contributed by atoms with E-state index < -0.39 is 15.6 Å². The topological polar surface area (TPSA) is 128 Å². The molecule has 0 aromatic carbocycles. The Labute approximate surface area is 232 Å². The summed E-state index contributed by atoms with van der Waals surface area (Å²) in [6.45, 7) is 9.34. The van der Waals surface area contributed by atoms with E-state index in [1.165, 1.54) is 0 Å². The number of nitrogens with zero attached hydrogens (tertiary/aromatic N) is 4. The number of ether oxygens (including phenoxy) is 1. The van der Waals surface area contributed by atoms with Crippen molar-refractivity contribution in [2.75, 3.05) is 71.5 Å². The zero-order valence-corrected chi connectivity index (χ0v) is 24.2. The fourth-order valence-electron chi connectivity index (χ4n) is 4.27. The largest absolute Gasteiger partial charge is 0.393 e. The number of morpholine rings is 1. The van der Waals surface area contributed by atoms with Gasteiger partial charge in [-0.25, -0.2) is 13.4 Å². The predicted octanol–water partition coefficient (Wildman–Crippen LogP) is 0.576. The minimum absolute atomic E-state index is 0.0780. The van der Waals surface area contributed by atoms with Gasteiger partial charge in [0.05, 0.1) is 24.1 Å². The molecule has 3 aliphatic heterocycles. The van der Waals surface area contributed by atoms with E-state index in [4.69, 9.17) is 9.73 Å². The van der Waals surface area contributed by atoms with Crippen LogP contribution in [0.4, 0.5) is 0 Å². The highest BCUT2D eigenvalue weighted by molar-refractivity contribution is 7.91. The number of carbonyl (C=O) groups is 1. The minimum atomic E-state index is -3.32. The predicted molar refractivity (Wildman–Crippen MR) is 155 cm³/mol. The number of piperazine rings is 1. The van der Waals surface area contributed by atoms with Gasteiger partial charge in [0.2, 0.25) is 5.91 Å². The molecule has 0 saturated carbocycles. The molecule has 0 bridgehead atoms. The van der Waals surface area contributed by atoms with Gasteiger partial charge in [0.15, 0.2) is 9.84 Å². The molecule has 0 spiro atoms. The Hall–Kier alpha value is -3.18. The SMILES string of the molecule is CN/C=C\N=C1/CC=C(C(C)=C=C/C=C(\C)N2CCN(C(=O)CS(C)(=O)=O)CC2)N=C1NC[C@@H]1CNCCO1. The van der Waals surface area contributed by atoms with E-state index in [0.717, 1.165) is 47.9 Å². The molecule has 1 atom stereocenters. The van der Waals surface area contributed by atoms with Crippen LogP contribution in [0.2, 0.25) is 0 Å². The summed E-state index contributed by atoms with van der Waals surface area (Å²) in [5.74, 6) is -0.0318. The number of rotatable bonds is 9. The maximum atomic E-state index is 12.2. The third-order valence-electron chi connectivity index (χ3n) is 6.49. The van der Waals surface area contributed by atoms with E-state index in [-0.39, 0.29) is 12.0 Å². The van der Waals surface area contributed by atoms with Crippen molar-refractivity contribution in [3.8, 4) is 0 Å². The number of amidine groups is 1. The number of hydrogen-bond acceptors (Lipinski definition) is 10. The number of amides is 1. The molecule has 11 nitrogen and oxygen atoms in total. The molecule has 0 aromatic rings. The minimum Gasteiger partial charge on any atom is -0.393 e. The van der Waals surface area contributed by atoms with Crippen LogP contribution in [0.15, 0.2) is 63.3 Å². The molecule has 1 amide bonds. The lowest BCUT2D eigenvalue weighted by Gasteiger charge is -2.36. The Morgan fingerprint density at radius 1 is 1.28 bits per heavy atom. The number of carbonyl (C=O) groups excluding carboxylic acids is 1. The Morgan fingerprint density at radius 2 is 2.03 bits per heavy atom. The van der Waals surface area contributed by atoms with E-state index in [1.54, 1.807) is 17.3 Å². The molecule has 3 rings (SSSR count). The lowest BCUT2D eigenvalue weighted by Crippen LogP contribution is -2.49. The Bertz CT molecular complexity index is 1200. The Balaban J connectivity index is 1.63. The van der Waals surface area contributed by atoms with E-state index in [0.29, 0.717) is 45.8 Å². The van der Waals surface area contributed by atoms with Gasteiger partial charge in [-0.3, -0.25) is 9.79 Å². The van der Waals surface area contributed by atoms with E-state index in [9.17, 15) is 13.2 Å². The van der Waals surface area contributed by atoms with Gasteiger partial charge in [-0.2, -0.15) is 0 Å². The summed E-state index contributed by atoms with van der Waals surface area (Å²) >= 11 is 0. The summed E-state index contributed by atoms with van der Waals surface area (Å²) in [4.78, 5) is 25.4. The standard InChI is InChI=1S/C27H41N7O4S/c1-21(6-5-7-22(2)33-13-15-34(16-14-33)26(35)20-39(4,36)37)24-8-9-25(30-11-10-28-3)27(32-24)31-19-23-18-29-12-17-38-23/h5,7-8,10-11,23,28-29H,9,12-20H2,1-4H3,(H,31,32)/b11-10-,22-7+,30-25+/t6?,23-/m0/s1. The van der Waals surface area contributed by atoms with Gasteiger partial charge < -0.3 is 30.5 Å². The second-order valence-corrected chi connectivity index (χ2v) is 11.8. The first-order chi connectivity index (χ1) is 18.7. The first-order valence-electron chi connectivity index (χ1n) is 13.2. The summed E-state index contributed by atoms with van der Waals surface area (Å²) in [6.07, 6.45) is 11.2. The van der Waals surface area contributed by atoms with Crippen LogP contribution in [0.5, 0.6) is 0 Å². The Morgan fingerprint density at radius 3 is 2.69 bits per heavy atom. The van der Waals surface area contributed by atoms with Gasteiger partial charge in [0.1, 0.15) is 11.6 Å². The van der Waals surface area contributed by atoms with Crippen LogP contribution >= 0.6 is 0 Å². The fraction of sp³-hybridized carbons (Fsp3) is 0.556. The van der Waals surface area contributed by atoms with Gasteiger partial charge in [0.25, 0.3) is 0 Å². The van der Waals surface area contributed by atoms with Crippen LogP contribution in [0.1, 0.15) is 20.3 Å². The fourth-order valence-corrected chi connectivity index (χ4v) is 4.90. The van der Waals surface area contributed by atoms with Crippen LogP contribution in [-0.2, 0) is 19.4 Å². The molecule has 0 unspecified atom stereocenters. The molecule has 12 heteroatoms. The molecule has 2 saturated heterocycles. The number of nitrogens with one attached hydrogen (secondary N) is 3. The third-order valence-corrected chi connectivity index (χ3v) is 7.26. The van der Waals surface area contributed by atoms with Gasteiger partial charge in [-0.15, -0.1) is 5.73 Å². The van der Waals surface area contributed by atoms with Gasteiger partial charge in [-0.05, 0) is 26.0 Å². The molecule has 3 N–H and O–H groups in total. The number of aliphatic imine (C=N–C) groups is 2. The molecular formula is C27H41N7O4S. The second-order valence-electron chi connectivity index (χ2n) is 9.69. The number of allylic oxidation sites excluding steroid dienone is 4. The first-order valence-corrected chi connectivity index (χ1v) is 15.3. The van der Waals surface area contributed by atoms with Crippen molar-refractivity contribution in [3.05, 3.63) is 53.3 Å². The van der Waals surface area contributed by atoms with Crippen molar-refractivity contribution in [1.82, 2.24) is 25.8 Å². The van der Waals surface area contributed by atoms with Crippen molar-refractivity contribution in [1.29, 1.82) is 0 Å². The summed E-state index contributed by atoms with van der Waals surface area (Å²) in [5.41, 5.74) is 6.99. The quantitative estimate of drug-likeness (QED) is 0.277. The van der Waals surface area contributed by atoms with Gasteiger partial charge in [0, 0.05) is 89.2 Å². The second kappa shape index (κ2) is 14.8. The average Bonchev–Trinajstić information content (AvgIpc) is 2.92. The van der Waals surface area contributed by atoms with E-state index in [2.05, 4.69) is 37.6 Å². The average molecular weight is 560 g/mol. The third kappa shape index (κ3) is 10.1. The lowest BCUT2D eigenvalue weighted by atomic mass is 10.1. The normalized spacial score (nSPS) is 21.8. The summed E-state index contributed by atoms with van der Waals surface area (Å²) in [7, 11) is -1.49. The van der Waals surface area contributed by atoms with Crippen LogP contribution < -0.4 is 16.0 Å². The highest BCUT2D eigenvalue weighted by Crippen LogP contribution is 2.17. The first kappa shape index (κ1) is 30.4. The highest BCUT2D eigenvalue weighted by Gasteiger charge is 2.23. The van der Waals surface area contributed by atoms with Crippen LogP contribution in [0.25, 0.3) is 0 Å². The molecule has 3 heterocycles. The maximum absolute atomic E-state index is 12.2.